The van der Waals surface area contributed by atoms with E-state index in [0.29, 0.717) is 23.4 Å². The van der Waals surface area contributed by atoms with E-state index in [1.807, 2.05) is 12.3 Å². The number of carbonyl (C=O) groups excluding carboxylic acids is 1. The number of morpholine rings is 1. The molecule has 0 spiro atoms. The van der Waals surface area contributed by atoms with Crippen molar-refractivity contribution in [3.63, 3.8) is 0 Å². The van der Waals surface area contributed by atoms with Crippen LogP contribution in [-0.4, -0.2) is 46.2 Å². The molecule has 2 aliphatic heterocycles. The summed E-state index contributed by atoms with van der Waals surface area (Å²) in [6, 6.07) is 2.36. The zero-order chi connectivity index (χ0) is 12.1. The van der Waals surface area contributed by atoms with Gasteiger partial charge in [-0.1, -0.05) is 0 Å². The molecule has 2 atom stereocenters. The van der Waals surface area contributed by atoms with Gasteiger partial charge in [0.2, 0.25) is 0 Å². The summed E-state index contributed by atoms with van der Waals surface area (Å²) in [7, 11) is 0. The van der Waals surface area contributed by atoms with Crippen LogP contribution in [0.1, 0.15) is 16.8 Å². The van der Waals surface area contributed by atoms with E-state index in [0.717, 1.165) is 31.7 Å². The minimum absolute atomic E-state index is 0.337. The molecule has 0 aliphatic carbocycles. The van der Waals surface area contributed by atoms with Crippen LogP contribution in [0.3, 0.4) is 0 Å². The van der Waals surface area contributed by atoms with Crippen LogP contribution in [0.5, 0.6) is 0 Å². The maximum Gasteiger partial charge on any atom is 0.167 e. The number of ether oxygens (including phenoxy) is 1. The average molecular weight is 244 g/mol. The molecule has 2 aliphatic rings. The van der Waals surface area contributed by atoms with Gasteiger partial charge in [-0.3, -0.25) is 4.79 Å². The van der Waals surface area contributed by atoms with Crippen LogP contribution in [0, 0.1) is 0 Å². The Balaban J connectivity index is 1.79. The van der Waals surface area contributed by atoms with Crippen LogP contribution in [0.15, 0.2) is 18.5 Å². The molecule has 2 aromatic rings. The summed E-state index contributed by atoms with van der Waals surface area (Å²) in [5.74, 6) is 0.905. The second-order valence-electron chi connectivity index (χ2n) is 4.77. The Hall–Kier alpha value is -1.95. The average Bonchev–Trinajstić information content (AvgIpc) is 3.12. The molecular weight excluding hydrogens is 232 g/mol. The normalized spacial score (nSPS) is 26.1. The minimum Gasteiger partial charge on any atom is -0.374 e. The SMILES string of the molecule is O=Cc1cnn2ccc(N3CC4CC3CO4)nc12. The maximum absolute atomic E-state index is 10.9. The molecule has 2 fully saturated rings. The molecule has 6 nitrogen and oxygen atoms in total. The van der Waals surface area contributed by atoms with Crippen molar-refractivity contribution >= 4 is 17.8 Å². The van der Waals surface area contributed by atoms with Gasteiger partial charge in [0, 0.05) is 12.7 Å². The van der Waals surface area contributed by atoms with E-state index >= 15 is 0 Å². The Kier molecular flexibility index (Phi) is 1.96. The van der Waals surface area contributed by atoms with Crippen molar-refractivity contribution in [3.05, 3.63) is 24.0 Å². The van der Waals surface area contributed by atoms with Crippen LogP contribution < -0.4 is 4.90 Å². The number of nitrogens with zero attached hydrogens (tertiary/aromatic N) is 4. The smallest absolute Gasteiger partial charge is 0.167 e. The Morgan fingerprint density at radius 2 is 2.44 bits per heavy atom. The maximum atomic E-state index is 10.9. The first-order chi connectivity index (χ1) is 8.85. The molecule has 18 heavy (non-hydrogen) atoms. The highest BCUT2D eigenvalue weighted by Crippen LogP contribution is 2.31. The fourth-order valence-corrected chi connectivity index (χ4v) is 2.80. The molecule has 0 saturated carbocycles. The van der Waals surface area contributed by atoms with Crippen LogP contribution in [0.4, 0.5) is 5.82 Å². The first-order valence-electron chi connectivity index (χ1n) is 6.03. The summed E-state index contributed by atoms with van der Waals surface area (Å²) in [5.41, 5.74) is 1.14. The first-order valence-corrected chi connectivity index (χ1v) is 6.03. The van der Waals surface area contributed by atoms with Crippen molar-refractivity contribution in [2.75, 3.05) is 18.1 Å². The standard InChI is InChI=1S/C12H12N4O2/c17-6-8-4-13-16-2-1-11(14-12(8)16)15-5-10-3-9(15)7-18-10/h1-2,4,6,9-10H,3,5,7H2. The summed E-state index contributed by atoms with van der Waals surface area (Å²) >= 11 is 0. The Bertz CT molecular complexity index is 624. The number of rotatable bonds is 2. The highest BCUT2D eigenvalue weighted by molar-refractivity contribution is 5.84. The lowest BCUT2D eigenvalue weighted by Crippen LogP contribution is -2.37. The zero-order valence-corrected chi connectivity index (χ0v) is 9.69. The third-order valence-corrected chi connectivity index (χ3v) is 3.70. The number of hydrogen-bond donors (Lipinski definition) is 0. The molecular formula is C12H12N4O2. The van der Waals surface area contributed by atoms with E-state index in [9.17, 15) is 4.79 Å². The zero-order valence-electron chi connectivity index (χ0n) is 9.69. The van der Waals surface area contributed by atoms with Crippen molar-refractivity contribution < 1.29 is 9.53 Å². The minimum atomic E-state index is 0.337. The predicted molar refractivity (Wildman–Crippen MR) is 63.9 cm³/mol. The summed E-state index contributed by atoms with van der Waals surface area (Å²) < 4.78 is 7.20. The Labute approximate surface area is 103 Å². The fraction of sp³-hybridized carbons (Fsp3) is 0.417. The van der Waals surface area contributed by atoms with Crippen molar-refractivity contribution in [2.24, 2.45) is 0 Å². The van der Waals surface area contributed by atoms with Gasteiger partial charge < -0.3 is 9.64 Å². The summed E-state index contributed by atoms with van der Waals surface area (Å²) in [4.78, 5) is 17.7. The van der Waals surface area contributed by atoms with Crippen LogP contribution in [0.2, 0.25) is 0 Å². The van der Waals surface area contributed by atoms with Gasteiger partial charge in [-0.2, -0.15) is 5.10 Å². The molecule has 0 amide bonds. The lowest BCUT2D eigenvalue weighted by atomic mass is 10.2. The monoisotopic (exact) mass is 244 g/mol. The number of hydrogen-bond acceptors (Lipinski definition) is 5. The second-order valence-corrected chi connectivity index (χ2v) is 4.77. The van der Waals surface area contributed by atoms with E-state index in [2.05, 4.69) is 15.0 Å². The van der Waals surface area contributed by atoms with Gasteiger partial charge >= 0.3 is 0 Å². The third-order valence-electron chi connectivity index (χ3n) is 3.70. The van der Waals surface area contributed by atoms with Crippen molar-refractivity contribution in [1.82, 2.24) is 14.6 Å². The van der Waals surface area contributed by atoms with Gasteiger partial charge in [0.05, 0.1) is 30.5 Å². The number of carbonyl (C=O) groups is 1. The largest absolute Gasteiger partial charge is 0.374 e. The van der Waals surface area contributed by atoms with Crippen molar-refractivity contribution in [2.45, 2.75) is 18.6 Å². The molecule has 4 heterocycles. The molecule has 6 heteroatoms. The van der Waals surface area contributed by atoms with Gasteiger partial charge in [0.25, 0.3) is 0 Å². The molecule has 4 rings (SSSR count). The van der Waals surface area contributed by atoms with Gasteiger partial charge in [0.1, 0.15) is 5.82 Å². The molecule has 2 unspecified atom stereocenters. The summed E-state index contributed by atoms with van der Waals surface area (Å²) in [6.45, 7) is 1.66. The van der Waals surface area contributed by atoms with E-state index in [4.69, 9.17) is 4.74 Å². The molecule has 0 aromatic carbocycles. The van der Waals surface area contributed by atoms with E-state index in [1.165, 1.54) is 0 Å². The lowest BCUT2D eigenvalue weighted by Gasteiger charge is -2.27. The van der Waals surface area contributed by atoms with Crippen molar-refractivity contribution in [3.8, 4) is 0 Å². The fourth-order valence-electron chi connectivity index (χ4n) is 2.80. The summed E-state index contributed by atoms with van der Waals surface area (Å²) in [5, 5.41) is 4.08. The van der Waals surface area contributed by atoms with E-state index < -0.39 is 0 Å². The Morgan fingerprint density at radius 1 is 1.50 bits per heavy atom. The third kappa shape index (κ3) is 1.29. The van der Waals surface area contributed by atoms with E-state index in [1.54, 1.807) is 10.7 Å². The molecule has 0 radical (unpaired) electrons. The highest BCUT2D eigenvalue weighted by atomic mass is 16.5. The number of anilines is 1. The molecule has 92 valence electrons. The topological polar surface area (TPSA) is 59.7 Å². The van der Waals surface area contributed by atoms with Crippen molar-refractivity contribution in [1.29, 1.82) is 0 Å². The quantitative estimate of drug-likeness (QED) is 0.721. The Morgan fingerprint density at radius 3 is 3.17 bits per heavy atom. The predicted octanol–water partition coefficient (Wildman–Crippen LogP) is 0.519. The molecule has 2 aromatic heterocycles. The number of aromatic nitrogens is 3. The molecule has 2 saturated heterocycles. The highest BCUT2D eigenvalue weighted by Gasteiger charge is 2.39. The number of aldehydes is 1. The van der Waals surface area contributed by atoms with E-state index in [-0.39, 0.29) is 0 Å². The van der Waals surface area contributed by atoms with Gasteiger partial charge in [-0.25, -0.2) is 9.50 Å². The van der Waals surface area contributed by atoms with Crippen LogP contribution in [-0.2, 0) is 4.74 Å². The van der Waals surface area contributed by atoms with Crippen LogP contribution in [0.25, 0.3) is 5.65 Å². The van der Waals surface area contributed by atoms with Crippen LogP contribution >= 0.6 is 0 Å². The lowest BCUT2D eigenvalue weighted by molar-refractivity contribution is 0.0989. The van der Waals surface area contributed by atoms with Gasteiger partial charge in [0.15, 0.2) is 11.9 Å². The van der Waals surface area contributed by atoms with Gasteiger partial charge in [-0.05, 0) is 12.5 Å². The molecule has 0 N–H and O–H groups in total. The summed E-state index contributed by atoms with van der Waals surface area (Å²) in [6.07, 6.45) is 5.59. The second kappa shape index (κ2) is 3.52. The first kappa shape index (κ1) is 10.0. The molecule has 2 bridgehead atoms. The van der Waals surface area contributed by atoms with Gasteiger partial charge in [-0.15, -0.1) is 0 Å². The number of fused-ring (bicyclic) bond motifs is 3.